The Hall–Kier alpha value is -3.23. The van der Waals surface area contributed by atoms with E-state index >= 15 is 0 Å². The summed E-state index contributed by atoms with van der Waals surface area (Å²) in [6, 6.07) is 16.5. The number of ether oxygens (including phenoxy) is 1. The molecule has 0 fully saturated rings. The minimum atomic E-state index is -0.724. The van der Waals surface area contributed by atoms with Crippen molar-refractivity contribution in [2.24, 2.45) is 5.92 Å². The predicted octanol–water partition coefficient (Wildman–Crippen LogP) is 4.91. The Morgan fingerprint density at radius 3 is 2.26 bits per heavy atom. The maximum absolute atomic E-state index is 13.5. The molecule has 0 aliphatic carbocycles. The van der Waals surface area contributed by atoms with Crippen LogP contribution in [0.25, 0.3) is 0 Å². The molecule has 0 aliphatic heterocycles. The van der Waals surface area contributed by atoms with E-state index in [9.17, 15) is 9.59 Å². The van der Waals surface area contributed by atoms with E-state index in [-0.39, 0.29) is 11.8 Å². The van der Waals surface area contributed by atoms with Crippen LogP contribution in [-0.4, -0.2) is 41.0 Å². The summed E-state index contributed by atoms with van der Waals surface area (Å²) in [5.74, 6) is 0.851. The lowest BCUT2D eigenvalue weighted by Gasteiger charge is -2.27. The van der Waals surface area contributed by atoms with Gasteiger partial charge in [-0.15, -0.1) is 11.3 Å². The fourth-order valence-electron chi connectivity index (χ4n) is 3.99. The van der Waals surface area contributed by atoms with Crippen molar-refractivity contribution in [3.8, 4) is 5.75 Å². The van der Waals surface area contributed by atoms with Gasteiger partial charge < -0.3 is 20.7 Å². The second-order valence-corrected chi connectivity index (χ2v) is 12.0. The van der Waals surface area contributed by atoms with Gasteiger partial charge in [0.15, 0.2) is 0 Å². The molecule has 3 N–H and O–H groups in total. The van der Waals surface area contributed by atoms with Crippen LogP contribution in [0, 0.1) is 5.92 Å². The summed E-state index contributed by atoms with van der Waals surface area (Å²) in [7, 11) is 0. The third kappa shape index (κ3) is 11.2. The molecule has 1 heterocycles. The molecule has 2 atom stereocenters. The van der Waals surface area contributed by atoms with E-state index in [4.69, 9.17) is 4.74 Å². The highest BCUT2D eigenvalue weighted by Crippen LogP contribution is 2.16. The molecule has 0 saturated carbocycles. The second-order valence-electron chi connectivity index (χ2n) is 11.3. The average Bonchev–Trinajstić information content (AvgIpc) is 3.40. The molecule has 0 unspecified atom stereocenters. The molecule has 0 radical (unpaired) electrons. The Bertz CT molecular complexity index is 1140. The Kier molecular flexibility index (Phi) is 11.5. The summed E-state index contributed by atoms with van der Waals surface area (Å²) in [5.41, 5.74) is 4.23. The summed E-state index contributed by atoms with van der Waals surface area (Å²) in [6.45, 7) is 11.3. The van der Waals surface area contributed by atoms with Crippen molar-refractivity contribution in [2.45, 2.75) is 78.1 Å². The molecular formula is C31H42N4O3S. The molecule has 0 bridgehead atoms. The number of nitrogens with zero attached hydrogens (tertiary/aromatic N) is 1. The van der Waals surface area contributed by atoms with E-state index in [1.807, 2.05) is 80.7 Å². The van der Waals surface area contributed by atoms with Crippen LogP contribution < -0.4 is 20.7 Å². The quantitative estimate of drug-likeness (QED) is 0.265. The van der Waals surface area contributed by atoms with Gasteiger partial charge in [0.1, 0.15) is 18.4 Å². The molecular weight excluding hydrogens is 508 g/mol. The number of carbonyl (C=O) groups excluding carboxylic acids is 2. The monoisotopic (exact) mass is 550 g/mol. The number of nitrogens with one attached hydrogen (secondary N) is 3. The van der Waals surface area contributed by atoms with Gasteiger partial charge in [0.25, 0.3) is 0 Å². The highest BCUT2D eigenvalue weighted by molar-refractivity contribution is 7.07. The average molecular weight is 551 g/mol. The van der Waals surface area contributed by atoms with Gasteiger partial charge in [0.2, 0.25) is 11.8 Å². The number of carbonyl (C=O) groups is 2. The lowest BCUT2D eigenvalue weighted by atomic mass is 10.0. The first-order valence-corrected chi connectivity index (χ1v) is 14.5. The molecule has 39 heavy (non-hydrogen) atoms. The van der Waals surface area contributed by atoms with Crippen LogP contribution in [0.1, 0.15) is 57.9 Å². The van der Waals surface area contributed by atoms with Gasteiger partial charge in [-0.05, 0) is 62.9 Å². The van der Waals surface area contributed by atoms with Crippen LogP contribution in [0.2, 0.25) is 0 Å². The number of thiazole rings is 1. The fraction of sp³-hybridized carbons (Fsp3) is 0.452. The molecule has 0 saturated heterocycles. The van der Waals surface area contributed by atoms with Crippen LogP contribution in [0.5, 0.6) is 5.75 Å². The molecule has 1 aromatic heterocycles. The molecule has 2 amide bonds. The van der Waals surface area contributed by atoms with Crippen molar-refractivity contribution in [2.75, 3.05) is 6.54 Å². The Morgan fingerprint density at radius 1 is 0.923 bits per heavy atom. The summed E-state index contributed by atoms with van der Waals surface area (Å²) in [4.78, 5) is 31.1. The molecule has 7 nitrogen and oxygen atoms in total. The van der Waals surface area contributed by atoms with Crippen LogP contribution in [0.15, 0.2) is 65.5 Å². The second kappa shape index (κ2) is 14.8. The maximum atomic E-state index is 13.5. The van der Waals surface area contributed by atoms with Gasteiger partial charge in [0.05, 0.1) is 17.2 Å². The number of amides is 2. The van der Waals surface area contributed by atoms with Crippen LogP contribution in [-0.2, 0) is 29.0 Å². The van der Waals surface area contributed by atoms with Gasteiger partial charge in [-0.25, -0.2) is 4.98 Å². The van der Waals surface area contributed by atoms with Crippen LogP contribution in [0.4, 0.5) is 0 Å². The predicted molar refractivity (Wildman–Crippen MR) is 158 cm³/mol. The maximum Gasteiger partial charge on any atom is 0.243 e. The van der Waals surface area contributed by atoms with Gasteiger partial charge >= 0.3 is 0 Å². The first-order valence-electron chi connectivity index (χ1n) is 13.6. The normalized spacial score (nSPS) is 13.1. The molecule has 3 rings (SSSR count). The lowest BCUT2D eigenvalue weighted by molar-refractivity contribution is -0.130. The van der Waals surface area contributed by atoms with E-state index in [2.05, 4.69) is 34.8 Å². The Balaban J connectivity index is 1.70. The zero-order valence-electron chi connectivity index (χ0n) is 23.7. The molecule has 210 valence electrons. The molecule has 3 aromatic rings. The van der Waals surface area contributed by atoms with E-state index in [1.54, 1.807) is 5.51 Å². The van der Waals surface area contributed by atoms with Crippen molar-refractivity contribution >= 4 is 23.2 Å². The van der Waals surface area contributed by atoms with Crippen molar-refractivity contribution in [3.63, 3.8) is 0 Å². The van der Waals surface area contributed by atoms with E-state index in [0.717, 1.165) is 29.0 Å². The summed E-state index contributed by atoms with van der Waals surface area (Å²) < 4.78 is 5.90. The third-order valence-electron chi connectivity index (χ3n) is 6.07. The molecule has 0 spiro atoms. The fourth-order valence-corrected chi connectivity index (χ4v) is 4.56. The zero-order chi connectivity index (χ0) is 28.3. The standard InChI is InChI=1S/C31H42N4O3S/c1-22(2)15-16-32-27(18-25-20-39-21-33-25)29(36)34-28(30(37)35-31(3,4)5)17-23-11-13-26(14-12-23)38-19-24-9-7-6-8-10-24/h6-14,20-22,27-28,32H,15-19H2,1-5H3,(H,34,36)(H,35,37)/t27-,28-/m0/s1. The van der Waals surface area contributed by atoms with E-state index < -0.39 is 17.6 Å². The zero-order valence-corrected chi connectivity index (χ0v) is 24.5. The number of benzene rings is 2. The number of hydrogen-bond donors (Lipinski definition) is 3. The minimum Gasteiger partial charge on any atom is -0.489 e. The Labute approximate surface area is 236 Å². The van der Waals surface area contributed by atoms with Crippen LogP contribution >= 0.6 is 11.3 Å². The first-order chi connectivity index (χ1) is 18.6. The van der Waals surface area contributed by atoms with E-state index in [0.29, 0.717) is 31.9 Å². The van der Waals surface area contributed by atoms with Crippen LogP contribution in [0.3, 0.4) is 0 Å². The van der Waals surface area contributed by atoms with Gasteiger partial charge in [0, 0.05) is 23.8 Å². The third-order valence-corrected chi connectivity index (χ3v) is 6.70. The molecule has 8 heteroatoms. The lowest BCUT2D eigenvalue weighted by Crippen LogP contribution is -2.56. The van der Waals surface area contributed by atoms with E-state index in [1.165, 1.54) is 11.3 Å². The smallest absolute Gasteiger partial charge is 0.243 e. The number of rotatable bonds is 14. The summed E-state index contributed by atoms with van der Waals surface area (Å²) in [6.07, 6.45) is 1.78. The van der Waals surface area contributed by atoms with Crippen molar-refractivity contribution in [1.82, 2.24) is 20.9 Å². The number of aromatic nitrogens is 1. The highest BCUT2D eigenvalue weighted by Gasteiger charge is 2.28. The minimum absolute atomic E-state index is 0.205. The molecule has 0 aliphatic rings. The van der Waals surface area contributed by atoms with Gasteiger partial charge in [-0.1, -0.05) is 56.3 Å². The topological polar surface area (TPSA) is 92.3 Å². The number of hydrogen-bond acceptors (Lipinski definition) is 6. The largest absolute Gasteiger partial charge is 0.489 e. The summed E-state index contributed by atoms with van der Waals surface area (Å²) >= 11 is 1.51. The van der Waals surface area contributed by atoms with Gasteiger partial charge in [-0.3, -0.25) is 9.59 Å². The highest BCUT2D eigenvalue weighted by atomic mass is 32.1. The summed E-state index contributed by atoms with van der Waals surface area (Å²) in [5, 5.41) is 11.4. The van der Waals surface area contributed by atoms with Crippen molar-refractivity contribution < 1.29 is 14.3 Å². The molecule has 2 aromatic carbocycles. The van der Waals surface area contributed by atoms with Crippen molar-refractivity contribution in [3.05, 3.63) is 82.3 Å². The Morgan fingerprint density at radius 2 is 1.64 bits per heavy atom. The van der Waals surface area contributed by atoms with Gasteiger partial charge in [-0.2, -0.15) is 0 Å². The van der Waals surface area contributed by atoms with Crippen molar-refractivity contribution in [1.29, 1.82) is 0 Å². The first kappa shape index (κ1) is 30.3. The SMILES string of the molecule is CC(C)CCN[C@@H](Cc1cscn1)C(=O)N[C@@H](Cc1ccc(OCc2ccccc2)cc1)C(=O)NC(C)(C)C.